The number of benzene rings is 1. The molecule has 0 bridgehead atoms. The molecule has 33 heavy (non-hydrogen) atoms. The van der Waals surface area contributed by atoms with Crippen molar-refractivity contribution in [2.75, 3.05) is 46.4 Å². The Balaban J connectivity index is 1.18. The van der Waals surface area contributed by atoms with Gasteiger partial charge in [0.05, 0.1) is 22.9 Å². The molecule has 1 spiro atoms. The van der Waals surface area contributed by atoms with E-state index in [1.165, 1.54) is 11.1 Å². The Bertz CT molecular complexity index is 993. The predicted molar refractivity (Wildman–Crippen MR) is 123 cm³/mol. The van der Waals surface area contributed by atoms with E-state index >= 15 is 0 Å². The third kappa shape index (κ3) is 3.95. The average Bonchev–Trinajstić information content (AvgIpc) is 3.37. The SMILES string of the molecule is CO[C@@H]1CN(C2=C(C)C(=O)OC2)CCC12CCN(CCc1ccc3c(c1C)COC3=O)CC2. The molecule has 1 aromatic carbocycles. The van der Waals surface area contributed by atoms with Crippen molar-refractivity contribution < 1.29 is 23.8 Å². The number of methoxy groups -OCH3 is 1. The number of carbonyl (C=O) groups excluding carboxylic acids is 2. The van der Waals surface area contributed by atoms with Crippen LogP contribution in [0.15, 0.2) is 23.4 Å². The summed E-state index contributed by atoms with van der Waals surface area (Å²) in [5.74, 6) is -0.386. The van der Waals surface area contributed by atoms with Gasteiger partial charge in [-0.3, -0.25) is 0 Å². The van der Waals surface area contributed by atoms with E-state index in [2.05, 4.69) is 22.8 Å². The first kappa shape index (κ1) is 22.4. The molecule has 0 radical (unpaired) electrons. The Morgan fingerprint density at radius 3 is 2.45 bits per heavy atom. The summed E-state index contributed by atoms with van der Waals surface area (Å²) in [5, 5.41) is 0. The topological polar surface area (TPSA) is 68.3 Å². The summed E-state index contributed by atoms with van der Waals surface area (Å²) in [5.41, 5.74) is 6.29. The molecule has 4 aliphatic heterocycles. The van der Waals surface area contributed by atoms with Gasteiger partial charge in [-0.1, -0.05) is 6.07 Å². The largest absolute Gasteiger partial charge is 0.457 e. The van der Waals surface area contributed by atoms with Gasteiger partial charge in [-0.2, -0.15) is 0 Å². The highest BCUT2D eigenvalue weighted by atomic mass is 16.5. The molecule has 0 N–H and O–H groups in total. The molecular formula is C26H34N2O5. The number of fused-ring (bicyclic) bond motifs is 1. The Kier molecular flexibility index (Phi) is 5.95. The molecule has 0 unspecified atom stereocenters. The van der Waals surface area contributed by atoms with E-state index in [9.17, 15) is 9.59 Å². The van der Waals surface area contributed by atoms with E-state index in [1.807, 2.05) is 20.1 Å². The van der Waals surface area contributed by atoms with Crippen LogP contribution in [0.2, 0.25) is 0 Å². The minimum atomic E-state index is -0.196. The Labute approximate surface area is 195 Å². The van der Waals surface area contributed by atoms with E-state index in [0.29, 0.717) is 13.2 Å². The highest BCUT2D eigenvalue weighted by Gasteiger charge is 2.46. The zero-order chi connectivity index (χ0) is 23.2. The van der Waals surface area contributed by atoms with Gasteiger partial charge in [0, 0.05) is 37.7 Å². The second-order valence-electron chi connectivity index (χ2n) is 9.97. The van der Waals surface area contributed by atoms with E-state index in [4.69, 9.17) is 14.2 Å². The van der Waals surface area contributed by atoms with Crippen molar-refractivity contribution in [3.05, 3.63) is 45.7 Å². The predicted octanol–water partition coefficient (Wildman–Crippen LogP) is 2.84. The lowest BCUT2D eigenvalue weighted by Gasteiger charge is -2.51. The van der Waals surface area contributed by atoms with Crippen LogP contribution in [0.3, 0.4) is 0 Å². The smallest absolute Gasteiger partial charge is 0.338 e. The van der Waals surface area contributed by atoms with Crippen LogP contribution in [-0.2, 0) is 32.0 Å². The van der Waals surface area contributed by atoms with E-state index in [-0.39, 0.29) is 23.5 Å². The van der Waals surface area contributed by atoms with Crippen molar-refractivity contribution >= 4 is 11.9 Å². The Morgan fingerprint density at radius 1 is 1.03 bits per heavy atom. The highest BCUT2D eigenvalue weighted by molar-refractivity contribution is 5.94. The Hall–Kier alpha value is -2.38. The molecule has 178 valence electrons. The number of hydrogen-bond donors (Lipinski definition) is 0. The van der Waals surface area contributed by atoms with Crippen molar-refractivity contribution in [2.45, 2.75) is 52.2 Å². The van der Waals surface area contributed by atoms with E-state index in [1.54, 1.807) is 0 Å². The summed E-state index contributed by atoms with van der Waals surface area (Å²) in [7, 11) is 1.82. The summed E-state index contributed by atoms with van der Waals surface area (Å²) < 4.78 is 16.4. The lowest BCUT2D eigenvalue weighted by Crippen LogP contribution is -2.55. The van der Waals surface area contributed by atoms with E-state index < -0.39 is 0 Å². The number of hydrogen-bond acceptors (Lipinski definition) is 7. The number of rotatable bonds is 5. The maximum absolute atomic E-state index is 11.8. The van der Waals surface area contributed by atoms with Crippen LogP contribution in [0, 0.1) is 12.3 Å². The molecule has 1 aromatic rings. The van der Waals surface area contributed by atoms with Crippen LogP contribution in [0.25, 0.3) is 0 Å². The van der Waals surface area contributed by atoms with Crippen LogP contribution >= 0.6 is 0 Å². The van der Waals surface area contributed by atoms with Gasteiger partial charge in [0.1, 0.15) is 13.2 Å². The van der Waals surface area contributed by atoms with Crippen molar-refractivity contribution in [1.82, 2.24) is 9.80 Å². The van der Waals surface area contributed by atoms with E-state index in [0.717, 1.165) is 80.8 Å². The average molecular weight is 455 g/mol. The van der Waals surface area contributed by atoms with Crippen LogP contribution in [0.4, 0.5) is 0 Å². The minimum absolute atomic E-state index is 0.167. The van der Waals surface area contributed by atoms with Gasteiger partial charge in [0.15, 0.2) is 0 Å². The number of piperidine rings is 2. The number of carbonyl (C=O) groups is 2. The normalized spacial score (nSPS) is 24.9. The maximum Gasteiger partial charge on any atom is 0.338 e. The van der Waals surface area contributed by atoms with Crippen molar-refractivity contribution in [2.24, 2.45) is 5.41 Å². The summed E-state index contributed by atoms with van der Waals surface area (Å²) in [4.78, 5) is 28.5. The van der Waals surface area contributed by atoms with Crippen LogP contribution in [-0.4, -0.2) is 74.3 Å². The van der Waals surface area contributed by atoms with Gasteiger partial charge in [-0.25, -0.2) is 9.59 Å². The summed E-state index contributed by atoms with van der Waals surface area (Å²) in [6.45, 7) is 9.74. The zero-order valence-corrected chi connectivity index (χ0v) is 19.9. The van der Waals surface area contributed by atoms with Crippen LogP contribution < -0.4 is 0 Å². The zero-order valence-electron chi connectivity index (χ0n) is 19.9. The quantitative estimate of drug-likeness (QED) is 0.634. The summed E-state index contributed by atoms with van der Waals surface area (Å²) in [6, 6.07) is 4.02. The summed E-state index contributed by atoms with van der Waals surface area (Å²) in [6.07, 6.45) is 4.52. The molecule has 0 saturated carbocycles. The fraction of sp³-hybridized carbons (Fsp3) is 0.615. The molecule has 4 heterocycles. The lowest BCUT2D eigenvalue weighted by molar-refractivity contribution is -0.136. The van der Waals surface area contributed by atoms with Gasteiger partial charge < -0.3 is 24.0 Å². The lowest BCUT2D eigenvalue weighted by atomic mass is 9.69. The first-order chi connectivity index (χ1) is 15.9. The van der Waals surface area contributed by atoms with Gasteiger partial charge in [0.2, 0.25) is 0 Å². The van der Waals surface area contributed by atoms with Crippen molar-refractivity contribution in [3.63, 3.8) is 0 Å². The fourth-order valence-electron chi connectivity index (χ4n) is 6.11. The maximum atomic E-state index is 11.8. The molecule has 7 nitrogen and oxygen atoms in total. The van der Waals surface area contributed by atoms with Gasteiger partial charge in [-0.05, 0) is 69.8 Å². The third-order valence-corrected chi connectivity index (χ3v) is 8.52. The second kappa shape index (κ2) is 8.76. The highest BCUT2D eigenvalue weighted by Crippen LogP contribution is 2.44. The van der Waals surface area contributed by atoms with Crippen LogP contribution in [0.5, 0.6) is 0 Å². The van der Waals surface area contributed by atoms with Crippen molar-refractivity contribution in [1.29, 1.82) is 0 Å². The van der Waals surface area contributed by atoms with Gasteiger partial charge in [0.25, 0.3) is 0 Å². The number of nitrogens with zero attached hydrogens (tertiary/aromatic N) is 2. The molecule has 2 saturated heterocycles. The molecule has 0 amide bonds. The Morgan fingerprint density at radius 2 is 1.76 bits per heavy atom. The minimum Gasteiger partial charge on any atom is -0.457 e. The monoisotopic (exact) mass is 454 g/mol. The number of cyclic esters (lactones) is 2. The first-order valence-corrected chi connectivity index (χ1v) is 12.1. The molecule has 7 heteroatoms. The summed E-state index contributed by atoms with van der Waals surface area (Å²) >= 11 is 0. The second-order valence-corrected chi connectivity index (χ2v) is 9.97. The molecule has 1 atom stereocenters. The first-order valence-electron chi connectivity index (χ1n) is 12.1. The van der Waals surface area contributed by atoms with Crippen LogP contribution in [0.1, 0.15) is 53.2 Å². The number of ether oxygens (including phenoxy) is 3. The molecule has 0 aliphatic carbocycles. The standard InChI is InChI=1S/C26H34N2O5/c1-17-19(4-5-20-21(17)15-32-25(20)30)6-10-27-11-7-26(8-12-27)9-13-28(14-23(26)31-3)22-16-33-24(29)18(22)2/h4-5,23H,6-16H2,1-3H3/t23-/m1/s1. The molecule has 2 fully saturated rings. The number of esters is 2. The van der Waals surface area contributed by atoms with Gasteiger partial charge in [-0.15, -0.1) is 0 Å². The van der Waals surface area contributed by atoms with Crippen molar-refractivity contribution in [3.8, 4) is 0 Å². The van der Waals surface area contributed by atoms with Gasteiger partial charge >= 0.3 is 11.9 Å². The third-order valence-electron chi connectivity index (χ3n) is 8.52. The fourth-order valence-corrected chi connectivity index (χ4v) is 6.11. The molecule has 5 rings (SSSR count). The molecule has 4 aliphatic rings. The molecular weight excluding hydrogens is 420 g/mol. The number of likely N-dealkylation sites (tertiary alicyclic amines) is 2. The molecule has 0 aromatic heterocycles.